The largest absolute Gasteiger partial charge is 0.481 e. The minimum absolute atomic E-state index is 0.245. The van der Waals surface area contributed by atoms with Gasteiger partial charge in [0.1, 0.15) is 11.6 Å². The summed E-state index contributed by atoms with van der Waals surface area (Å²) < 4.78 is 0. The molecule has 0 aliphatic heterocycles. The molecule has 0 bridgehead atoms. The molecule has 9 nitrogen and oxygen atoms in total. The van der Waals surface area contributed by atoms with E-state index in [0.717, 1.165) is 16.8 Å². The fourth-order valence-corrected chi connectivity index (χ4v) is 3.69. The van der Waals surface area contributed by atoms with Crippen LogP contribution in [0.4, 0.5) is 5.82 Å². The third-order valence-electron chi connectivity index (χ3n) is 5.97. The lowest BCUT2D eigenvalue weighted by Crippen LogP contribution is -2.19. The molecule has 0 unspecified atom stereocenters. The Balaban J connectivity index is 1.57. The zero-order valence-corrected chi connectivity index (χ0v) is 19.3. The molecule has 4 rings (SSSR count). The summed E-state index contributed by atoms with van der Waals surface area (Å²) in [6, 6.07) is 7.35. The van der Waals surface area contributed by atoms with Crippen molar-refractivity contribution in [1.29, 1.82) is 5.41 Å². The monoisotopic (exact) mass is 457 g/mol. The molecular weight excluding hydrogens is 430 g/mol. The van der Waals surface area contributed by atoms with Crippen molar-refractivity contribution in [3.05, 3.63) is 71.8 Å². The number of rotatable bonds is 9. The average molecular weight is 458 g/mol. The second kappa shape index (κ2) is 9.38. The van der Waals surface area contributed by atoms with E-state index in [1.165, 1.54) is 6.21 Å². The van der Waals surface area contributed by atoms with Crippen molar-refractivity contribution in [1.82, 2.24) is 25.3 Å². The summed E-state index contributed by atoms with van der Waals surface area (Å²) in [6.07, 6.45) is 9.23. The Morgan fingerprint density at radius 3 is 2.44 bits per heavy atom. The zero-order valence-electron chi connectivity index (χ0n) is 19.3. The molecule has 0 radical (unpaired) electrons. The maximum atomic E-state index is 11.5. The van der Waals surface area contributed by atoms with Gasteiger partial charge in [0, 0.05) is 37.4 Å². The highest BCUT2D eigenvalue weighted by Gasteiger charge is 2.51. The first-order chi connectivity index (χ1) is 16.4. The Labute approximate surface area is 197 Å². The van der Waals surface area contributed by atoms with Gasteiger partial charge in [-0.25, -0.2) is 4.98 Å². The van der Waals surface area contributed by atoms with Crippen LogP contribution in [0.1, 0.15) is 49.6 Å². The van der Waals surface area contributed by atoms with Crippen LogP contribution < -0.4 is 10.6 Å². The number of carbonyl (C=O) groups is 1. The molecule has 1 fully saturated rings. The summed E-state index contributed by atoms with van der Waals surface area (Å²) in [5.41, 5.74) is 3.50. The molecule has 0 saturated heterocycles. The minimum Gasteiger partial charge on any atom is -0.481 e. The fourth-order valence-electron chi connectivity index (χ4n) is 3.69. The number of hydrogen-bond donors (Lipinski definition) is 4. The summed E-state index contributed by atoms with van der Waals surface area (Å²) in [5, 5.41) is 23.7. The zero-order chi connectivity index (χ0) is 24.3. The summed E-state index contributed by atoms with van der Waals surface area (Å²) in [7, 11) is 1.76. The number of carboxylic acid groups (broad SMARTS) is 1. The number of nitrogens with one attached hydrogen (secondary N) is 3. The standard InChI is InChI=1S/C25H27N7O2/c1-15(2)21-13-28-14-22(31-21)32-23(27-3)18(10-26)20-6-4-16(11-29-20)19-7-5-17(12-30-19)25(8-9-25)24(33)34/h4-7,10-15,26-27H,8-9H2,1-3H3,(H,31,32)(H,33,34)/b23-18-,26-10?. The number of pyridine rings is 2. The first-order valence-corrected chi connectivity index (χ1v) is 11.1. The van der Waals surface area contributed by atoms with Gasteiger partial charge in [-0.3, -0.25) is 19.7 Å². The van der Waals surface area contributed by atoms with E-state index in [1.807, 2.05) is 24.3 Å². The minimum atomic E-state index is -0.796. The van der Waals surface area contributed by atoms with Gasteiger partial charge in [0.05, 0.1) is 34.3 Å². The normalized spacial score (nSPS) is 14.8. The summed E-state index contributed by atoms with van der Waals surface area (Å²) >= 11 is 0. The number of carboxylic acids is 1. The highest BCUT2D eigenvalue weighted by atomic mass is 16.4. The lowest BCUT2D eigenvalue weighted by Gasteiger charge is -2.15. The lowest BCUT2D eigenvalue weighted by atomic mass is 9.97. The Morgan fingerprint density at radius 1 is 1.12 bits per heavy atom. The fraction of sp³-hybridized carbons (Fsp3) is 0.280. The summed E-state index contributed by atoms with van der Waals surface area (Å²) in [5.74, 6) is 0.603. The number of aliphatic carboxylic acids is 1. The van der Waals surface area contributed by atoms with Crippen LogP contribution in [-0.2, 0) is 10.2 Å². The topological polar surface area (TPSA) is 137 Å². The molecule has 1 aliphatic rings. The van der Waals surface area contributed by atoms with E-state index in [1.54, 1.807) is 31.8 Å². The van der Waals surface area contributed by atoms with Crippen molar-refractivity contribution >= 4 is 23.6 Å². The second-order valence-corrected chi connectivity index (χ2v) is 8.54. The molecule has 0 atom stereocenters. The number of hydrogen-bond acceptors (Lipinski definition) is 8. The van der Waals surface area contributed by atoms with Gasteiger partial charge in [-0.15, -0.1) is 0 Å². The molecule has 0 aromatic carbocycles. The highest BCUT2D eigenvalue weighted by Crippen LogP contribution is 2.48. The van der Waals surface area contributed by atoms with Crippen LogP contribution in [0, 0.1) is 5.41 Å². The molecule has 34 heavy (non-hydrogen) atoms. The third kappa shape index (κ3) is 4.50. The molecule has 1 aliphatic carbocycles. The summed E-state index contributed by atoms with van der Waals surface area (Å²) in [6.45, 7) is 4.10. The van der Waals surface area contributed by atoms with Crippen LogP contribution in [-0.4, -0.2) is 44.3 Å². The van der Waals surface area contributed by atoms with E-state index in [2.05, 4.69) is 44.4 Å². The first-order valence-electron chi connectivity index (χ1n) is 11.1. The van der Waals surface area contributed by atoms with Crippen LogP contribution in [0.2, 0.25) is 0 Å². The predicted molar refractivity (Wildman–Crippen MR) is 131 cm³/mol. The van der Waals surface area contributed by atoms with Gasteiger partial charge in [-0.1, -0.05) is 19.9 Å². The van der Waals surface area contributed by atoms with Gasteiger partial charge >= 0.3 is 5.97 Å². The number of aromatic nitrogens is 4. The maximum absolute atomic E-state index is 11.5. The van der Waals surface area contributed by atoms with Gasteiger partial charge in [0.25, 0.3) is 0 Å². The van der Waals surface area contributed by atoms with Crippen LogP contribution in [0.25, 0.3) is 16.8 Å². The van der Waals surface area contributed by atoms with Crippen LogP contribution in [0.3, 0.4) is 0 Å². The lowest BCUT2D eigenvalue weighted by molar-refractivity contribution is -0.140. The van der Waals surface area contributed by atoms with Crippen molar-refractivity contribution in [2.24, 2.45) is 0 Å². The molecule has 0 amide bonds. The van der Waals surface area contributed by atoms with E-state index < -0.39 is 11.4 Å². The molecule has 4 N–H and O–H groups in total. The molecule has 3 heterocycles. The molecule has 3 aromatic rings. The average Bonchev–Trinajstić information content (AvgIpc) is 3.67. The third-order valence-corrected chi connectivity index (χ3v) is 5.97. The Kier molecular flexibility index (Phi) is 6.36. The Morgan fingerprint density at radius 2 is 1.91 bits per heavy atom. The van der Waals surface area contributed by atoms with Crippen molar-refractivity contribution in [3.63, 3.8) is 0 Å². The molecule has 3 aromatic heterocycles. The van der Waals surface area contributed by atoms with E-state index in [0.29, 0.717) is 41.4 Å². The van der Waals surface area contributed by atoms with Gasteiger partial charge in [0.2, 0.25) is 0 Å². The molecule has 9 heteroatoms. The van der Waals surface area contributed by atoms with E-state index in [4.69, 9.17) is 5.41 Å². The quantitative estimate of drug-likeness (QED) is 0.356. The number of allylic oxidation sites excluding steroid dienone is 1. The van der Waals surface area contributed by atoms with Gasteiger partial charge in [-0.2, -0.15) is 0 Å². The molecule has 1 saturated carbocycles. The van der Waals surface area contributed by atoms with Crippen molar-refractivity contribution < 1.29 is 9.90 Å². The van der Waals surface area contributed by atoms with Gasteiger partial charge in [-0.05, 0) is 42.5 Å². The Bertz CT molecular complexity index is 1230. The molecule has 174 valence electrons. The molecular formula is C25H27N7O2. The van der Waals surface area contributed by atoms with Crippen LogP contribution >= 0.6 is 0 Å². The van der Waals surface area contributed by atoms with E-state index >= 15 is 0 Å². The SMILES string of the molecule is CN/C(Nc1cncc(C(C)C)n1)=C(\C=N)c1ccc(-c2ccc(C3(C(=O)O)CC3)cn2)cn1. The van der Waals surface area contributed by atoms with E-state index in [-0.39, 0.29) is 5.92 Å². The smallest absolute Gasteiger partial charge is 0.314 e. The Hall–Kier alpha value is -4.14. The maximum Gasteiger partial charge on any atom is 0.314 e. The molecule has 0 spiro atoms. The second-order valence-electron chi connectivity index (χ2n) is 8.54. The van der Waals surface area contributed by atoms with Gasteiger partial charge in [0.15, 0.2) is 0 Å². The van der Waals surface area contributed by atoms with Crippen molar-refractivity contribution in [2.75, 3.05) is 12.4 Å². The highest BCUT2D eigenvalue weighted by molar-refractivity contribution is 6.09. The number of anilines is 1. The van der Waals surface area contributed by atoms with E-state index in [9.17, 15) is 9.90 Å². The van der Waals surface area contributed by atoms with Crippen molar-refractivity contribution in [2.45, 2.75) is 38.0 Å². The van der Waals surface area contributed by atoms with Crippen LogP contribution in [0.15, 0.2) is 54.9 Å². The summed E-state index contributed by atoms with van der Waals surface area (Å²) in [4.78, 5) is 29.3. The predicted octanol–water partition coefficient (Wildman–Crippen LogP) is 3.82. The first kappa shape index (κ1) is 23.0. The van der Waals surface area contributed by atoms with Crippen LogP contribution in [0.5, 0.6) is 0 Å². The van der Waals surface area contributed by atoms with Crippen molar-refractivity contribution in [3.8, 4) is 11.3 Å². The number of nitrogens with zero attached hydrogens (tertiary/aromatic N) is 4. The van der Waals surface area contributed by atoms with Gasteiger partial charge < -0.3 is 21.1 Å².